The molecule has 2 heterocycles. The third kappa shape index (κ3) is 3.65. The summed E-state index contributed by atoms with van der Waals surface area (Å²) in [6.45, 7) is 5.36. The normalized spacial score (nSPS) is 17.0. The SMILES string of the molecule is COC(=O)OC1=C(C)NC(C)=C(c2nc(C)no2)C1c1cccc(Cl)c1Cl. The first kappa shape index (κ1) is 19.3. The molecule has 3 rings (SSSR count). The lowest BCUT2D eigenvalue weighted by Gasteiger charge is -2.30. The van der Waals surface area contributed by atoms with E-state index >= 15 is 0 Å². The molecule has 1 aromatic heterocycles. The molecule has 2 aromatic rings. The van der Waals surface area contributed by atoms with Crippen LogP contribution in [0.5, 0.6) is 0 Å². The number of rotatable bonds is 3. The Hall–Kier alpha value is -2.51. The average molecular weight is 410 g/mol. The number of methoxy groups -OCH3 is 1. The van der Waals surface area contributed by atoms with E-state index in [-0.39, 0.29) is 5.89 Å². The van der Waals surface area contributed by atoms with Gasteiger partial charge in [0.25, 0.3) is 5.89 Å². The molecule has 0 amide bonds. The van der Waals surface area contributed by atoms with Gasteiger partial charge in [0.05, 0.1) is 34.3 Å². The van der Waals surface area contributed by atoms with Crippen molar-refractivity contribution in [1.29, 1.82) is 0 Å². The first-order valence-electron chi connectivity index (χ1n) is 8.02. The Morgan fingerprint density at radius 3 is 2.59 bits per heavy atom. The molecule has 1 aliphatic heterocycles. The van der Waals surface area contributed by atoms with Crippen molar-refractivity contribution in [2.24, 2.45) is 0 Å². The van der Waals surface area contributed by atoms with Crippen molar-refractivity contribution in [2.45, 2.75) is 26.7 Å². The number of ether oxygens (including phenoxy) is 2. The van der Waals surface area contributed by atoms with Gasteiger partial charge in [0.2, 0.25) is 0 Å². The van der Waals surface area contributed by atoms with Gasteiger partial charge in [0.15, 0.2) is 5.82 Å². The number of halogens is 2. The molecular weight excluding hydrogens is 393 g/mol. The summed E-state index contributed by atoms with van der Waals surface area (Å²) in [5.41, 5.74) is 2.65. The monoisotopic (exact) mass is 409 g/mol. The first-order chi connectivity index (χ1) is 12.8. The molecule has 1 unspecified atom stereocenters. The zero-order valence-corrected chi connectivity index (χ0v) is 16.6. The summed E-state index contributed by atoms with van der Waals surface area (Å²) < 4.78 is 15.5. The average Bonchev–Trinajstić information content (AvgIpc) is 3.05. The van der Waals surface area contributed by atoms with Crippen LogP contribution in [0, 0.1) is 6.92 Å². The highest BCUT2D eigenvalue weighted by molar-refractivity contribution is 6.42. The largest absolute Gasteiger partial charge is 0.513 e. The Morgan fingerprint density at radius 1 is 1.22 bits per heavy atom. The fourth-order valence-electron chi connectivity index (χ4n) is 2.97. The van der Waals surface area contributed by atoms with Crippen molar-refractivity contribution in [2.75, 3.05) is 7.11 Å². The lowest BCUT2D eigenvalue weighted by molar-refractivity contribution is 0.0928. The number of carbonyl (C=O) groups excluding carboxylic acids is 1. The summed E-state index contributed by atoms with van der Waals surface area (Å²) in [5, 5.41) is 7.75. The first-order valence-corrected chi connectivity index (χ1v) is 8.78. The van der Waals surface area contributed by atoms with Gasteiger partial charge < -0.3 is 19.3 Å². The minimum atomic E-state index is -0.852. The molecule has 142 valence electrons. The number of carbonyl (C=O) groups is 1. The lowest BCUT2D eigenvalue weighted by Crippen LogP contribution is -2.26. The minimum Gasteiger partial charge on any atom is -0.437 e. The summed E-state index contributed by atoms with van der Waals surface area (Å²) in [6.07, 6.45) is -0.852. The minimum absolute atomic E-state index is 0.289. The highest BCUT2D eigenvalue weighted by Crippen LogP contribution is 2.46. The maximum Gasteiger partial charge on any atom is 0.513 e. The van der Waals surface area contributed by atoms with E-state index in [1.54, 1.807) is 32.0 Å². The van der Waals surface area contributed by atoms with Crippen LogP contribution in [0.15, 0.2) is 39.9 Å². The van der Waals surface area contributed by atoms with Crippen LogP contribution in [0.2, 0.25) is 10.0 Å². The van der Waals surface area contributed by atoms with Crippen LogP contribution in [-0.2, 0) is 9.47 Å². The molecule has 27 heavy (non-hydrogen) atoms. The van der Waals surface area contributed by atoms with Crippen molar-refractivity contribution in [1.82, 2.24) is 15.5 Å². The smallest absolute Gasteiger partial charge is 0.437 e. The van der Waals surface area contributed by atoms with Crippen LogP contribution >= 0.6 is 23.2 Å². The number of nitrogens with one attached hydrogen (secondary N) is 1. The zero-order chi connectivity index (χ0) is 19.7. The Morgan fingerprint density at radius 2 is 1.96 bits per heavy atom. The van der Waals surface area contributed by atoms with Crippen molar-refractivity contribution >= 4 is 34.9 Å². The maximum atomic E-state index is 11.9. The molecule has 1 aliphatic rings. The van der Waals surface area contributed by atoms with Gasteiger partial charge in [-0.1, -0.05) is 40.5 Å². The lowest BCUT2D eigenvalue weighted by atomic mass is 9.85. The van der Waals surface area contributed by atoms with Crippen molar-refractivity contribution in [3.8, 4) is 0 Å². The highest BCUT2D eigenvalue weighted by Gasteiger charge is 2.37. The molecule has 7 nitrogen and oxygen atoms in total. The Bertz CT molecular complexity index is 965. The summed E-state index contributed by atoms with van der Waals surface area (Å²) in [5.74, 6) is 0.471. The Kier molecular flexibility index (Phi) is 5.43. The number of hydrogen-bond donors (Lipinski definition) is 1. The second-order valence-electron chi connectivity index (χ2n) is 5.93. The second kappa shape index (κ2) is 7.62. The van der Waals surface area contributed by atoms with E-state index in [0.29, 0.717) is 38.5 Å². The number of nitrogens with zero attached hydrogens (tertiary/aromatic N) is 2. The van der Waals surface area contributed by atoms with E-state index < -0.39 is 12.1 Å². The fraction of sp³-hybridized carbons (Fsp3) is 0.278. The van der Waals surface area contributed by atoms with E-state index in [0.717, 1.165) is 5.70 Å². The molecule has 0 spiro atoms. The third-order valence-electron chi connectivity index (χ3n) is 4.11. The van der Waals surface area contributed by atoms with Crippen molar-refractivity contribution < 1.29 is 18.8 Å². The van der Waals surface area contributed by atoms with Gasteiger partial charge >= 0.3 is 6.16 Å². The molecule has 9 heteroatoms. The molecule has 0 bridgehead atoms. The molecule has 0 aliphatic carbocycles. The van der Waals surface area contributed by atoms with Crippen LogP contribution < -0.4 is 5.32 Å². The highest BCUT2D eigenvalue weighted by atomic mass is 35.5. The molecule has 1 atom stereocenters. The molecule has 0 saturated heterocycles. The number of aromatic nitrogens is 2. The molecule has 0 saturated carbocycles. The predicted octanol–water partition coefficient (Wildman–Crippen LogP) is 4.82. The standard InChI is InChI=1S/C18H17Cl2N3O4/c1-8-13(17-22-10(3)23-27-17)14(11-6-5-7-12(19)15(11)20)16(9(2)21-8)26-18(24)25-4/h5-7,14,21H,1-4H3. The number of dihydropyridines is 1. The molecule has 0 radical (unpaired) electrons. The van der Waals surface area contributed by atoms with Crippen LogP contribution in [0.1, 0.15) is 37.0 Å². The van der Waals surface area contributed by atoms with Crippen molar-refractivity contribution in [3.63, 3.8) is 0 Å². The number of hydrogen-bond acceptors (Lipinski definition) is 7. The van der Waals surface area contributed by atoms with Gasteiger partial charge in [-0.2, -0.15) is 4.98 Å². The van der Waals surface area contributed by atoms with Gasteiger partial charge in [-0.15, -0.1) is 0 Å². The van der Waals surface area contributed by atoms with E-state index in [1.165, 1.54) is 7.11 Å². The van der Waals surface area contributed by atoms with Crippen LogP contribution in [0.25, 0.3) is 5.57 Å². The third-order valence-corrected chi connectivity index (χ3v) is 4.94. The van der Waals surface area contributed by atoms with E-state index in [2.05, 4.69) is 20.2 Å². The molecular formula is C18H17Cl2N3O4. The zero-order valence-electron chi connectivity index (χ0n) is 15.1. The van der Waals surface area contributed by atoms with Gasteiger partial charge in [0, 0.05) is 5.70 Å². The van der Waals surface area contributed by atoms with E-state index in [1.807, 2.05) is 6.92 Å². The topological polar surface area (TPSA) is 86.5 Å². The number of aryl methyl sites for hydroxylation is 1. The van der Waals surface area contributed by atoms with Gasteiger partial charge in [-0.3, -0.25) is 0 Å². The number of benzene rings is 1. The summed E-state index contributed by atoms with van der Waals surface area (Å²) in [6, 6.07) is 5.25. The van der Waals surface area contributed by atoms with Crippen LogP contribution in [-0.4, -0.2) is 23.4 Å². The molecule has 0 fully saturated rings. The maximum absolute atomic E-state index is 11.9. The number of allylic oxidation sites excluding steroid dienone is 3. The van der Waals surface area contributed by atoms with Crippen molar-refractivity contribution in [3.05, 3.63) is 62.7 Å². The van der Waals surface area contributed by atoms with Crippen LogP contribution in [0.4, 0.5) is 4.79 Å². The predicted molar refractivity (Wildman–Crippen MR) is 100 cm³/mol. The van der Waals surface area contributed by atoms with E-state index in [4.69, 9.17) is 32.5 Å². The summed E-state index contributed by atoms with van der Waals surface area (Å²) in [4.78, 5) is 16.2. The fourth-order valence-corrected chi connectivity index (χ4v) is 3.39. The molecule has 1 N–H and O–H groups in total. The summed E-state index contributed by atoms with van der Waals surface area (Å²) in [7, 11) is 1.24. The van der Waals surface area contributed by atoms with Gasteiger partial charge in [-0.05, 0) is 32.4 Å². The Balaban J connectivity index is 2.23. The van der Waals surface area contributed by atoms with Gasteiger partial charge in [-0.25, -0.2) is 4.79 Å². The second-order valence-corrected chi connectivity index (χ2v) is 6.72. The van der Waals surface area contributed by atoms with Gasteiger partial charge in [0.1, 0.15) is 5.76 Å². The Labute approximate surface area is 165 Å². The summed E-state index contributed by atoms with van der Waals surface area (Å²) >= 11 is 12.7. The van der Waals surface area contributed by atoms with E-state index in [9.17, 15) is 4.79 Å². The quantitative estimate of drug-likeness (QED) is 0.727. The van der Waals surface area contributed by atoms with Crippen LogP contribution in [0.3, 0.4) is 0 Å². The molecule has 1 aromatic carbocycles.